The van der Waals surface area contributed by atoms with Crippen molar-refractivity contribution in [3.05, 3.63) is 0 Å². The highest BCUT2D eigenvalue weighted by atomic mass is 16.6. The van der Waals surface area contributed by atoms with Gasteiger partial charge in [-0.1, -0.05) is 20.8 Å². The van der Waals surface area contributed by atoms with Crippen LogP contribution in [0.15, 0.2) is 0 Å². The number of hydrogen-bond acceptors (Lipinski definition) is 6. The zero-order valence-corrected chi connectivity index (χ0v) is 17.8. The molecule has 1 N–H and O–H groups in total. The summed E-state index contributed by atoms with van der Waals surface area (Å²) < 4.78 is 21.6. The van der Waals surface area contributed by atoms with Gasteiger partial charge in [-0.3, -0.25) is 4.79 Å². The van der Waals surface area contributed by atoms with Crippen molar-refractivity contribution in [2.75, 3.05) is 73.0 Å². The summed E-state index contributed by atoms with van der Waals surface area (Å²) in [5.74, 6) is 0.0444. The molecule has 0 rings (SSSR count). The number of carbonyl (C=O) groups is 1. The Labute approximate surface area is 160 Å². The number of hydrogen-bond donors (Lipinski definition) is 1. The summed E-state index contributed by atoms with van der Waals surface area (Å²) in [6, 6.07) is 0.543. The van der Waals surface area contributed by atoms with Crippen LogP contribution in [0.1, 0.15) is 41.0 Å². The highest BCUT2D eigenvalue weighted by Crippen LogP contribution is 1.92. The number of rotatable bonds is 17. The van der Waals surface area contributed by atoms with Crippen LogP contribution in [-0.4, -0.2) is 89.8 Å². The first kappa shape index (κ1) is 27.5. The van der Waals surface area contributed by atoms with Gasteiger partial charge in [-0.05, 0) is 20.9 Å². The summed E-state index contributed by atoms with van der Waals surface area (Å²) in [5, 5.41) is 2.74. The Balaban J connectivity index is 0. The fourth-order valence-corrected chi connectivity index (χ4v) is 1.62. The average molecular weight is 379 g/mol. The zero-order chi connectivity index (χ0) is 20.0. The zero-order valence-electron chi connectivity index (χ0n) is 17.8. The second-order valence-corrected chi connectivity index (χ2v) is 5.73. The molecule has 0 aliphatic heterocycles. The van der Waals surface area contributed by atoms with Crippen LogP contribution in [-0.2, 0) is 23.7 Å². The molecule has 7 heteroatoms. The Morgan fingerprint density at radius 3 is 1.69 bits per heavy atom. The second-order valence-electron chi connectivity index (χ2n) is 5.73. The minimum Gasteiger partial charge on any atom is -0.378 e. The van der Waals surface area contributed by atoms with Crippen LogP contribution in [0.25, 0.3) is 0 Å². The quantitative estimate of drug-likeness (QED) is 0.390. The molecule has 26 heavy (non-hydrogen) atoms. The molecule has 0 unspecified atom stereocenters. The highest BCUT2D eigenvalue weighted by Gasteiger charge is 2.01. The Hall–Kier alpha value is -0.730. The maximum atomic E-state index is 11.0. The summed E-state index contributed by atoms with van der Waals surface area (Å²) in [6.45, 7) is 16.2. The van der Waals surface area contributed by atoms with E-state index >= 15 is 0 Å². The average Bonchev–Trinajstić information content (AvgIpc) is 2.65. The van der Waals surface area contributed by atoms with E-state index in [9.17, 15) is 4.79 Å². The monoisotopic (exact) mass is 378 g/mol. The summed E-state index contributed by atoms with van der Waals surface area (Å²) in [6.07, 6.45) is 0.503. The molecule has 0 heterocycles. The van der Waals surface area contributed by atoms with Crippen molar-refractivity contribution in [1.29, 1.82) is 0 Å². The van der Waals surface area contributed by atoms with Crippen LogP contribution in [0.3, 0.4) is 0 Å². The lowest BCUT2D eigenvalue weighted by Gasteiger charge is -2.20. The van der Waals surface area contributed by atoms with Crippen LogP contribution in [0.2, 0.25) is 0 Å². The minimum absolute atomic E-state index is 0.0444. The molecule has 1 amide bonds. The third-order valence-electron chi connectivity index (χ3n) is 3.48. The minimum atomic E-state index is 0.0444. The van der Waals surface area contributed by atoms with Crippen LogP contribution in [0.5, 0.6) is 0 Å². The van der Waals surface area contributed by atoms with Gasteiger partial charge in [0.05, 0.1) is 52.9 Å². The van der Waals surface area contributed by atoms with Gasteiger partial charge in [0, 0.05) is 25.6 Å². The molecular formula is C19H42N2O5. The summed E-state index contributed by atoms with van der Waals surface area (Å²) in [5.41, 5.74) is 0. The Kier molecular flexibility index (Phi) is 23.6. The fraction of sp³-hybridized carbons (Fsp3) is 0.947. The van der Waals surface area contributed by atoms with Crippen molar-refractivity contribution in [3.63, 3.8) is 0 Å². The molecule has 0 spiro atoms. The molecular weight excluding hydrogens is 336 g/mol. The summed E-state index contributed by atoms with van der Waals surface area (Å²) in [7, 11) is 2.09. The van der Waals surface area contributed by atoms with E-state index in [0.717, 1.165) is 13.2 Å². The molecule has 0 aromatic carbocycles. The van der Waals surface area contributed by atoms with Crippen molar-refractivity contribution in [2.24, 2.45) is 0 Å². The van der Waals surface area contributed by atoms with E-state index in [1.807, 2.05) is 20.8 Å². The van der Waals surface area contributed by atoms with Gasteiger partial charge < -0.3 is 29.2 Å². The SMILES string of the molecule is CC.CCC(=O)NCCOCCOCCOCCOCCN(C)C(C)C. The first-order valence-electron chi connectivity index (χ1n) is 9.85. The third-order valence-corrected chi connectivity index (χ3v) is 3.48. The lowest BCUT2D eigenvalue weighted by atomic mass is 10.3. The van der Waals surface area contributed by atoms with Crippen LogP contribution >= 0.6 is 0 Å². The van der Waals surface area contributed by atoms with Crippen LogP contribution in [0, 0.1) is 0 Å². The maximum absolute atomic E-state index is 11.0. The predicted octanol–water partition coefficient (Wildman–Crippen LogP) is 1.95. The van der Waals surface area contributed by atoms with Crippen molar-refractivity contribution in [2.45, 2.75) is 47.1 Å². The van der Waals surface area contributed by atoms with E-state index in [4.69, 9.17) is 18.9 Å². The van der Waals surface area contributed by atoms with Gasteiger partial charge >= 0.3 is 0 Å². The lowest BCUT2D eigenvalue weighted by Crippen LogP contribution is -2.30. The molecule has 0 atom stereocenters. The van der Waals surface area contributed by atoms with Gasteiger partial charge in [0.2, 0.25) is 5.91 Å². The van der Waals surface area contributed by atoms with Gasteiger partial charge in [0.25, 0.3) is 0 Å². The molecule has 0 aromatic rings. The molecule has 0 saturated heterocycles. The molecule has 0 aliphatic rings. The van der Waals surface area contributed by atoms with Crippen molar-refractivity contribution in [3.8, 4) is 0 Å². The molecule has 158 valence electrons. The summed E-state index contributed by atoms with van der Waals surface area (Å²) >= 11 is 0. The van der Waals surface area contributed by atoms with Gasteiger partial charge in [-0.15, -0.1) is 0 Å². The van der Waals surface area contributed by atoms with Crippen molar-refractivity contribution in [1.82, 2.24) is 10.2 Å². The molecule has 7 nitrogen and oxygen atoms in total. The number of ether oxygens (including phenoxy) is 4. The molecule has 0 fully saturated rings. The van der Waals surface area contributed by atoms with E-state index in [1.54, 1.807) is 0 Å². The first-order valence-corrected chi connectivity index (χ1v) is 9.85. The van der Waals surface area contributed by atoms with E-state index in [-0.39, 0.29) is 5.91 Å². The van der Waals surface area contributed by atoms with Gasteiger partial charge in [0.1, 0.15) is 0 Å². The summed E-state index contributed by atoms with van der Waals surface area (Å²) in [4.78, 5) is 13.2. The van der Waals surface area contributed by atoms with E-state index < -0.39 is 0 Å². The Morgan fingerprint density at radius 1 is 0.846 bits per heavy atom. The van der Waals surface area contributed by atoms with E-state index in [2.05, 4.69) is 31.1 Å². The first-order chi connectivity index (χ1) is 12.6. The number of amides is 1. The van der Waals surface area contributed by atoms with Crippen molar-refractivity contribution >= 4 is 5.91 Å². The fourth-order valence-electron chi connectivity index (χ4n) is 1.62. The number of nitrogens with zero attached hydrogens (tertiary/aromatic N) is 1. The molecule has 0 radical (unpaired) electrons. The third kappa shape index (κ3) is 21.3. The van der Waals surface area contributed by atoms with E-state index in [0.29, 0.717) is 65.3 Å². The van der Waals surface area contributed by atoms with Crippen molar-refractivity contribution < 1.29 is 23.7 Å². The smallest absolute Gasteiger partial charge is 0.219 e. The number of nitrogens with one attached hydrogen (secondary N) is 1. The highest BCUT2D eigenvalue weighted by molar-refractivity contribution is 5.75. The maximum Gasteiger partial charge on any atom is 0.219 e. The molecule has 0 aliphatic carbocycles. The standard InChI is InChI=1S/C17H36N2O5.C2H6/c1-5-17(20)18-6-8-21-10-12-23-14-15-24-13-11-22-9-7-19(4)16(2)3;1-2/h16H,5-15H2,1-4H3,(H,18,20);1-2H3. The molecule has 0 aromatic heterocycles. The normalized spacial score (nSPS) is 10.8. The van der Waals surface area contributed by atoms with Crippen LogP contribution < -0.4 is 5.32 Å². The second kappa shape index (κ2) is 22.3. The Morgan fingerprint density at radius 2 is 1.27 bits per heavy atom. The largest absolute Gasteiger partial charge is 0.378 e. The van der Waals surface area contributed by atoms with Gasteiger partial charge in [-0.2, -0.15) is 0 Å². The number of likely N-dealkylation sites (N-methyl/N-ethyl adjacent to an activating group) is 1. The molecule has 0 bridgehead atoms. The van der Waals surface area contributed by atoms with Gasteiger partial charge in [-0.25, -0.2) is 0 Å². The Bertz CT molecular complexity index is 291. The number of carbonyl (C=O) groups excluding carboxylic acids is 1. The predicted molar refractivity (Wildman–Crippen MR) is 106 cm³/mol. The molecule has 0 saturated carbocycles. The topological polar surface area (TPSA) is 69.3 Å². The van der Waals surface area contributed by atoms with Gasteiger partial charge in [0.15, 0.2) is 0 Å². The lowest BCUT2D eigenvalue weighted by molar-refractivity contribution is -0.121. The van der Waals surface area contributed by atoms with E-state index in [1.165, 1.54) is 0 Å². The van der Waals surface area contributed by atoms with Crippen LogP contribution in [0.4, 0.5) is 0 Å².